The van der Waals surface area contributed by atoms with Gasteiger partial charge in [-0.3, -0.25) is 9.59 Å². The Morgan fingerprint density at radius 2 is 1.75 bits per heavy atom. The largest absolute Gasteiger partial charge is 0.454 e. The van der Waals surface area contributed by atoms with Gasteiger partial charge in [-0.15, -0.1) is 0 Å². The topological polar surface area (TPSA) is 55.8 Å². The Morgan fingerprint density at radius 1 is 1.04 bits per heavy atom. The zero-order chi connectivity index (χ0) is 17.1. The highest BCUT2D eigenvalue weighted by Gasteiger charge is 2.23. The van der Waals surface area contributed by atoms with Gasteiger partial charge in [-0.25, -0.2) is 0 Å². The minimum Gasteiger partial charge on any atom is -0.454 e. The van der Waals surface area contributed by atoms with Gasteiger partial charge < -0.3 is 14.4 Å². The number of amides is 1. The molecule has 5 nitrogen and oxygen atoms in total. The van der Waals surface area contributed by atoms with Crippen molar-refractivity contribution in [2.75, 3.05) is 13.3 Å². The van der Waals surface area contributed by atoms with Crippen LogP contribution < -0.4 is 9.47 Å². The number of ketones is 1. The molecule has 1 amide bonds. The lowest BCUT2D eigenvalue weighted by Gasteiger charge is -2.20. The molecule has 2 aromatic carbocycles. The molecule has 0 saturated heterocycles. The minimum atomic E-state index is -0.501. The Bertz CT molecular complexity index is 767. The highest BCUT2D eigenvalue weighted by Crippen LogP contribution is 2.32. The van der Waals surface area contributed by atoms with Gasteiger partial charge in [0, 0.05) is 18.7 Å². The van der Waals surface area contributed by atoms with Gasteiger partial charge in [0.05, 0.1) is 0 Å². The van der Waals surface area contributed by atoms with E-state index in [0.717, 1.165) is 11.1 Å². The smallest absolute Gasteiger partial charge is 0.295 e. The van der Waals surface area contributed by atoms with Crippen LogP contribution in [-0.4, -0.2) is 29.9 Å². The van der Waals surface area contributed by atoms with Crippen LogP contribution in [0.15, 0.2) is 42.5 Å². The van der Waals surface area contributed by atoms with Gasteiger partial charge in [-0.05, 0) is 31.5 Å². The molecule has 2 aromatic rings. The molecule has 5 heteroatoms. The van der Waals surface area contributed by atoms with Crippen LogP contribution >= 0.6 is 0 Å². The maximum absolute atomic E-state index is 12.5. The molecule has 124 valence electrons. The molecule has 24 heavy (non-hydrogen) atoms. The molecule has 0 N–H and O–H groups in total. The van der Waals surface area contributed by atoms with Gasteiger partial charge in [0.25, 0.3) is 5.91 Å². The van der Waals surface area contributed by atoms with Gasteiger partial charge in [0.2, 0.25) is 12.6 Å². The van der Waals surface area contributed by atoms with Crippen LogP contribution in [0.5, 0.6) is 11.5 Å². The van der Waals surface area contributed by atoms with E-state index in [-0.39, 0.29) is 6.79 Å². The van der Waals surface area contributed by atoms with E-state index >= 15 is 0 Å². The normalized spacial score (nSPS) is 12.1. The van der Waals surface area contributed by atoms with E-state index in [1.54, 1.807) is 12.1 Å². The van der Waals surface area contributed by atoms with Crippen LogP contribution in [0.2, 0.25) is 0 Å². The van der Waals surface area contributed by atoms with Crippen LogP contribution in [0, 0.1) is 6.92 Å². The summed E-state index contributed by atoms with van der Waals surface area (Å²) in [5.41, 5.74) is 2.35. The molecule has 3 rings (SSSR count). The van der Waals surface area contributed by atoms with E-state index in [4.69, 9.17) is 9.47 Å². The summed E-state index contributed by atoms with van der Waals surface area (Å²) in [6.45, 7) is 4.80. The van der Waals surface area contributed by atoms with Crippen LogP contribution in [0.3, 0.4) is 0 Å². The predicted octanol–water partition coefficient (Wildman–Crippen LogP) is 2.96. The van der Waals surface area contributed by atoms with E-state index in [1.807, 2.05) is 44.2 Å². The second kappa shape index (κ2) is 6.74. The fraction of sp³-hybridized carbons (Fsp3) is 0.263. The second-order valence-electron chi connectivity index (χ2n) is 5.70. The number of aryl methyl sites for hydroxylation is 1. The summed E-state index contributed by atoms with van der Waals surface area (Å²) in [4.78, 5) is 26.4. The predicted molar refractivity (Wildman–Crippen MR) is 89.2 cm³/mol. The van der Waals surface area contributed by atoms with E-state index in [2.05, 4.69) is 0 Å². The van der Waals surface area contributed by atoms with Gasteiger partial charge >= 0.3 is 0 Å². The van der Waals surface area contributed by atoms with Crippen molar-refractivity contribution in [2.24, 2.45) is 0 Å². The monoisotopic (exact) mass is 325 g/mol. The molecular weight excluding hydrogens is 306 g/mol. The Balaban J connectivity index is 1.74. The molecule has 1 heterocycles. The molecule has 0 saturated carbocycles. The third-order valence-electron chi connectivity index (χ3n) is 3.99. The number of nitrogens with zero attached hydrogens (tertiary/aromatic N) is 1. The molecule has 0 aromatic heterocycles. The fourth-order valence-electron chi connectivity index (χ4n) is 2.56. The number of hydrogen-bond donors (Lipinski definition) is 0. The number of fused-ring (bicyclic) bond motifs is 1. The summed E-state index contributed by atoms with van der Waals surface area (Å²) in [6.07, 6.45) is 0. The quantitative estimate of drug-likeness (QED) is 0.626. The number of Topliss-reactive ketones (excluding diaryl/α,β-unsaturated/α-hetero) is 1. The average molecular weight is 325 g/mol. The fourth-order valence-corrected chi connectivity index (χ4v) is 2.56. The molecule has 0 fully saturated rings. The van der Waals surface area contributed by atoms with Gasteiger partial charge in [0.1, 0.15) is 0 Å². The summed E-state index contributed by atoms with van der Waals surface area (Å²) in [5, 5.41) is 0. The SMILES string of the molecule is CCN(Cc1ccc2c(c1)OCO2)C(=O)C(=O)c1ccc(C)cc1. The van der Waals surface area contributed by atoms with Crippen LogP contribution in [-0.2, 0) is 11.3 Å². The number of rotatable bonds is 5. The molecule has 1 aliphatic heterocycles. The third-order valence-corrected chi connectivity index (χ3v) is 3.99. The van der Waals surface area contributed by atoms with Crippen molar-refractivity contribution in [3.63, 3.8) is 0 Å². The van der Waals surface area contributed by atoms with Crippen molar-refractivity contribution >= 4 is 11.7 Å². The lowest BCUT2D eigenvalue weighted by Crippen LogP contribution is -2.36. The Labute approximate surface area is 140 Å². The first-order valence-electron chi connectivity index (χ1n) is 7.87. The first-order chi connectivity index (χ1) is 11.6. The van der Waals surface area contributed by atoms with Crippen molar-refractivity contribution < 1.29 is 19.1 Å². The molecule has 0 spiro atoms. The van der Waals surface area contributed by atoms with Gasteiger partial charge in [-0.2, -0.15) is 0 Å². The Morgan fingerprint density at radius 3 is 2.46 bits per heavy atom. The number of likely N-dealkylation sites (N-methyl/N-ethyl adjacent to an activating group) is 1. The van der Waals surface area contributed by atoms with Gasteiger partial charge in [-0.1, -0.05) is 35.9 Å². The molecule has 0 unspecified atom stereocenters. The van der Waals surface area contributed by atoms with Crippen molar-refractivity contribution in [1.29, 1.82) is 0 Å². The number of hydrogen-bond acceptors (Lipinski definition) is 4. The molecule has 0 radical (unpaired) electrons. The van der Waals surface area contributed by atoms with E-state index in [9.17, 15) is 9.59 Å². The highest BCUT2D eigenvalue weighted by atomic mass is 16.7. The van der Waals surface area contributed by atoms with E-state index in [0.29, 0.717) is 30.2 Å². The van der Waals surface area contributed by atoms with Crippen LogP contribution in [0.25, 0.3) is 0 Å². The molecular formula is C19H19NO4. The third kappa shape index (κ3) is 3.25. The van der Waals surface area contributed by atoms with Crippen LogP contribution in [0.1, 0.15) is 28.4 Å². The molecule has 0 bridgehead atoms. The van der Waals surface area contributed by atoms with E-state index < -0.39 is 11.7 Å². The Hall–Kier alpha value is -2.82. The highest BCUT2D eigenvalue weighted by molar-refractivity contribution is 6.42. The average Bonchev–Trinajstić information content (AvgIpc) is 3.07. The maximum Gasteiger partial charge on any atom is 0.295 e. The van der Waals surface area contributed by atoms with Gasteiger partial charge in [0.15, 0.2) is 11.5 Å². The van der Waals surface area contributed by atoms with E-state index in [1.165, 1.54) is 4.90 Å². The zero-order valence-corrected chi connectivity index (χ0v) is 13.7. The second-order valence-corrected chi connectivity index (χ2v) is 5.70. The van der Waals surface area contributed by atoms with Crippen molar-refractivity contribution in [3.8, 4) is 11.5 Å². The summed E-state index contributed by atoms with van der Waals surface area (Å²) in [5.74, 6) is 0.376. The molecule has 1 aliphatic rings. The summed E-state index contributed by atoms with van der Waals surface area (Å²) < 4.78 is 10.6. The number of ether oxygens (including phenoxy) is 2. The maximum atomic E-state index is 12.5. The van der Waals surface area contributed by atoms with Crippen molar-refractivity contribution in [1.82, 2.24) is 4.90 Å². The van der Waals surface area contributed by atoms with Crippen molar-refractivity contribution in [3.05, 3.63) is 59.2 Å². The zero-order valence-electron chi connectivity index (χ0n) is 13.7. The first kappa shape index (κ1) is 16.1. The lowest BCUT2D eigenvalue weighted by atomic mass is 10.1. The number of carbonyl (C=O) groups excluding carboxylic acids is 2. The minimum absolute atomic E-state index is 0.209. The number of benzene rings is 2. The number of carbonyl (C=O) groups is 2. The summed E-state index contributed by atoms with van der Waals surface area (Å²) >= 11 is 0. The Kier molecular flexibility index (Phi) is 4.51. The summed E-state index contributed by atoms with van der Waals surface area (Å²) in [6, 6.07) is 12.6. The molecule has 0 atom stereocenters. The summed E-state index contributed by atoms with van der Waals surface area (Å²) in [7, 11) is 0. The first-order valence-corrected chi connectivity index (χ1v) is 7.87. The van der Waals surface area contributed by atoms with Crippen LogP contribution in [0.4, 0.5) is 0 Å². The standard InChI is InChI=1S/C19H19NO4/c1-3-20(11-14-6-9-16-17(10-14)24-12-23-16)19(22)18(21)15-7-4-13(2)5-8-15/h4-10H,3,11-12H2,1-2H3. The molecule has 0 aliphatic carbocycles. The van der Waals surface area contributed by atoms with Crippen molar-refractivity contribution in [2.45, 2.75) is 20.4 Å². The lowest BCUT2D eigenvalue weighted by molar-refractivity contribution is -0.126.